The fraction of sp³-hybridized carbons (Fsp3) is 0.0833. The molecule has 0 radical (unpaired) electrons. The first-order valence-electron chi connectivity index (χ1n) is 5.43. The summed E-state index contributed by atoms with van der Waals surface area (Å²) in [7, 11) is 0. The monoisotopic (exact) mass is 357 g/mol. The van der Waals surface area contributed by atoms with Gasteiger partial charge in [-0.15, -0.1) is 12.4 Å². The zero-order chi connectivity index (χ0) is 14.0. The number of nitrogens with two attached hydrogens (primary N) is 2. The molecule has 4 N–H and O–H groups in total. The number of hydrogen-bond donors (Lipinski definition) is 2. The minimum Gasteiger partial charge on any atom is -0.370 e. The van der Waals surface area contributed by atoms with Gasteiger partial charge in [0, 0.05) is 16.2 Å². The molecule has 1 heterocycles. The summed E-state index contributed by atoms with van der Waals surface area (Å²) in [5, 5.41) is 4.20. The maximum Gasteiger partial charge on any atom is 0.300 e. The van der Waals surface area contributed by atoms with Gasteiger partial charge >= 0.3 is 5.91 Å². The van der Waals surface area contributed by atoms with Crippen LogP contribution in [-0.4, -0.2) is 21.6 Å². The number of rotatable bonds is 2. The van der Waals surface area contributed by atoms with Crippen LogP contribution >= 0.6 is 28.3 Å². The van der Waals surface area contributed by atoms with Crippen molar-refractivity contribution in [1.29, 1.82) is 0 Å². The van der Waals surface area contributed by atoms with E-state index in [0.717, 1.165) is 10.2 Å². The Kier molecular flexibility index (Phi) is 5.29. The van der Waals surface area contributed by atoms with Crippen LogP contribution in [0.25, 0.3) is 5.69 Å². The molecule has 0 aliphatic rings. The Hall–Kier alpha value is -1.86. The molecule has 1 aromatic heterocycles. The molecule has 0 aliphatic carbocycles. The molecule has 0 bridgehead atoms. The lowest BCUT2D eigenvalue weighted by molar-refractivity contribution is 0.0997. The molecular formula is C12H13BrClN5O. The van der Waals surface area contributed by atoms with E-state index in [-0.39, 0.29) is 24.1 Å². The zero-order valence-corrected chi connectivity index (χ0v) is 13.0. The number of guanidine groups is 1. The zero-order valence-electron chi connectivity index (χ0n) is 10.6. The number of carbonyl (C=O) groups excluding carboxylic acids is 1. The van der Waals surface area contributed by atoms with Crippen LogP contribution in [0.3, 0.4) is 0 Å². The molecule has 8 heteroatoms. The summed E-state index contributed by atoms with van der Waals surface area (Å²) in [6.07, 6.45) is 1.75. The van der Waals surface area contributed by atoms with E-state index >= 15 is 0 Å². The average Bonchev–Trinajstić information content (AvgIpc) is 2.71. The highest BCUT2D eigenvalue weighted by Gasteiger charge is 2.14. The lowest BCUT2D eigenvalue weighted by Crippen LogP contribution is -2.24. The van der Waals surface area contributed by atoms with Crippen molar-refractivity contribution in [2.75, 3.05) is 0 Å². The summed E-state index contributed by atoms with van der Waals surface area (Å²) < 4.78 is 2.58. The fourth-order valence-electron chi connectivity index (χ4n) is 1.57. The predicted molar refractivity (Wildman–Crippen MR) is 83.4 cm³/mol. The Bertz CT molecular complexity index is 646. The normalized spacial score (nSPS) is 9.70. The minimum atomic E-state index is -0.548. The minimum absolute atomic E-state index is 0. The van der Waals surface area contributed by atoms with E-state index in [0.29, 0.717) is 5.56 Å². The highest BCUT2D eigenvalue weighted by Crippen LogP contribution is 2.16. The summed E-state index contributed by atoms with van der Waals surface area (Å²) >= 11 is 3.36. The van der Waals surface area contributed by atoms with Gasteiger partial charge in [0.05, 0.1) is 5.69 Å². The Labute approximate surface area is 130 Å². The summed E-state index contributed by atoms with van der Waals surface area (Å²) in [5.74, 6) is -0.823. The van der Waals surface area contributed by atoms with E-state index < -0.39 is 5.91 Å². The van der Waals surface area contributed by atoms with Gasteiger partial charge in [0.25, 0.3) is 0 Å². The van der Waals surface area contributed by atoms with Crippen LogP contribution in [0, 0.1) is 6.92 Å². The van der Waals surface area contributed by atoms with Gasteiger partial charge in [-0.05, 0) is 31.2 Å². The van der Waals surface area contributed by atoms with E-state index in [4.69, 9.17) is 11.5 Å². The van der Waals surface area contributed by atoms with E-state index in [1.165, 1.54) is 0 Å². The maximum atomic E-state index is 11.7. The number of aryl methyl sites for hydroxylation is 1. The number of hydrogen-bond acceptors (Lipinski definition) is 2. The van der Waals surface area contributed by atoms with Crippen LogP contribution in [0.15, 0.2) is 39.9 Å². The van der Waals surface area contributed by atoms with Gasteiger partial charge in [0.2, 0.25) is 0 Å². The van der Waals surface area contributed by atoms with Crippen molar-refractivity contribution in [3.63, 3.8) is 0 Å². The Morgan fingerprint density at radius 3 is 2.45 bits per heavy atom. The second-order valence-electron chi connectivity index (χ2n) is 3.92. The predicted octanol–water partition coefficient (Wildman–Crippen LogP) is 1.78. The molecule has 0 saturated carbocycles. The van der Waals surface area contributed by atoms with Crippen molar-refractivity contribution in [1.82, 2.24) is 9.78 Å². The second kappa shape index (κ2) is 6.53. The van der Waals surface area contributed by atoms with Crippen LogP contribution in [0.2, 0.25) is 0 Å². The first kappa shape index (κ1) is 16.2. The van der Waals surface area contributed by atoms with E-state index in [2.05, 4.69) is 26.0 Å². The summed E-state index contributed by atoms with van der Waals surface area (Å²) in [6.45, 7) is 1.78. The van der Waals surface area contributed by atoms with Gasteiger partial charge in [-0.3, -0.25) is 4.79 Å². The smallest absolute Gasteiger partial charge is 0.300 e. The first-order valence-corrected chi connectivity index (χ1v) is 6.23. The molecule has 2 aromatic rings. The van der Waals surface area contributed by atoms with Crippen molar-refractivity contribution < 1.29 is 4.79 Å². The summed E-state index contributed by atoms with van der Waals surface area (Å²) in [6, 6.07) is 7.55. The van der Waals surface area contributed by atoms with E-state index in [1.807, 2.05) is 24.3 Å². The number of benzene rings is 1. The molecule has 6 nitrogen and oxygen atoms in total. The largest absolute Gasteiger partial charge is 0.370 e. The molecule has 0 atom stereocenters. The van der Waals surface area contributed by atoms with E-state index in [9.17, 15) is 4.79 Å². The molecule has 1 aromatic carbocycles. The van der Waals surface area contributed by atoms with Gasteiger partial charge < -0.3 is 11.5 Å². The third-order valence-corrected chi connectivity index (χ3v) is 2.95. The third-order valence-electron chi connectivity index (χ3n) is 2.42. The lowest BCUT2D eigenvalue weighted by atomic mass is 10.3. The molecule has 106 valence electrons. The quantitative estimate of drug-likeness (QED) is 0.631. The molecular weight excluding hydrogens is 346 g/mol. The first-order chi connectivity index (χ1) is 8.97. The standard InChI is InChI=1S/C12H12BrN5O.ClH/c1-7-6-18(9-4-2-8(13)3-5-9)17-10(7)11(19)16-12(14)15;/h2-6H,1H3,(H4,14,15,16,19);1H. The number of aliphatic imine (C=N–C) groups is 1. The van der Waals surface area contributed by atoms with Gasteiger partial charge in [0.1, 0.15) is 0 Å². The molecule has 2 rings (SSSR count). The molecule has 1 amide bonds. The lowest BCUT2D eigenvalue weighted by Gasteiger charge is -2.00. The number of halogens is 2. The van der Waals surface area contributed by atoms with Crippen LogP contribution < -0.4 is 11.5 Å². The molecule has 0 unspecified atom stereocenters. The number of nitrogens with zero attached hydrogens (tertiary/aromatic N) is 3. The topological polar surface area (TPSA) is 99.3 Å². The Balaban J connectivity index is 0.00000200. The number of carbonyl (C=O) groups is 1. The SMILES string of the molecule is Cc1cn(-c2ccc(Br)cc2)nc1C(=O)N=C(N)N.Cl. The van der Waals surface area contributed by atoms with Crippen molar-refractivity contribution in [3.05, 3.63) is 46.2 Å². The fourth-order valence-corrected chi connectivity index (χ4v) is 1.83. The highest BCUT2D eigenvalue weighted by atomic mass is 79.9. The van der Waals surface area contributed by atoms with Crippen LogP contribution in [0.1, 0.15) is 16.1 Å². The van der Waals surface area contributed by atoms with Crippen LogP contribution in [-0.2, 0) is 0 Å². The molecule has 0 aliphatic heterocycles. The molecule has 20 heavy (non-hydrogen) atoms. The van der Waals surface area contributed by atoms with Crippen molar-refractivity contribution >= 4 is 40.2 Å². The molecule has 0 fully saturated rings. The second-order valence-corrected chi connectivity index (χ2v) is 4.84. The van der Waals surface area contributed by atoms with Gasteiger partial charge in [-0.2, -0.15) is 10.1 Å². The Morgan fingerprint density at radius 1 is 1.30 bits per heavy atom. The van der Waals surface area contributed by atoms with Crippen LogP contribution in [0.4, 0.5) is 0 Å². The van der Waals surface area contributed by atoms with Gasteiger partial charge in [-0.25, -0.2) is 4.68 Å². The summed E-state index contributed by atoms with van der Waals surface area (Å²) in [5.41, 5.74) is 12.1. The Morgan fingerprint density at radius 2 is 1.90 bits per heavy atom. The summed E-state index contributed by atoms with van der Waals surface area (Å²) in [4.78, 5) is 15.2. The highest BCUT2D eigenvalue weighted by molar-refractivity contribution is 9.10. The average molecular weight is 359 g/mol. The van der Waals surface area contributed by atoms with Crippen molar-refractivity contribution in [3.8, 4) is 5.69 Å². The van der Waals surface area contributed by atoms with Gasteiger partial charge in [-0.1, -0.05) is 15.9 Å². The number of aromatic nitrogens is 2. The maximum absolute atomic E-state index is 11.7. The van der Waals surface area contributed by atoms with Gasteiger partial charge in [0.15, 0.2) is 11.7 Å². The number of amides is 1. The van der Waals surface area contributed by atoms with E-state index in [1.54, 1.807) is 17.8 Å². The van der Waals surface area contributed by atoms with Crippen LogP contribution in [0.5, 0.6) is 0 Å². The molecule has 0 spiro atoms. The van der Waals surface area contributed by atoms with Crippen molar-refractivity contribution in [2.24, 2.45) is 16.5 Å². The van der Waals surface area contributed by atoms with Crippen molar-refractivity contribution in [2.45, 2.75) is 6.92 Å². The third kappa shape index (κ3) is 3.58. The molecule has 0 saturated heterocycles.